The van der Waals surface area contributed by atoms with Gasteiger partial charge >= 0.3 is 12.0 Å². The summed E-state index contributed by atoms with van der Waals surface area (Å²) >= 11 is 0. The zero-order valence-electron chi connectivity index (χ0n) is 11.2. The van der Waals surface area contributed by atoms with Gasteiger partial charge in [0.1, 0.15) is 6.04 Å². The molecule has 3 amide bonds. The second-order valence-electron chi connectivity index (χ2n) is 4.87. The molecule has 0 saturated carbocycles. The number of hydrogen-bond donors (Lipinski definition) is 4. The first-order valence-corrected chi connectivity index (χ1v) is 6.64. The van der Waals surface area contributed by atoms with E-state index in [1.165, 1.54) is 4.90 Å². The van der Waals surface area contributed by atoms with E-state index in [2.05, 4.69) is 5.32 Å². The number of likely N-dealkylation sites (tertiary alicyclic amines) is 1. The average molecular weight is 287 g/mol. The quantitative estimate of drug-likeness (QED) is 0.510. The van der Waals surface area contributed by atoms with Crippen molar-refractivity contribution < 1.29 is 24.6 Å². The number of piperidine rings is 1. The van der Waals surface area contributed by atoms with Crippen molar-refractivity contribution in [2.45, 2.75) is 44.2 Å². The lowest BCUT2D eigenvalue weighted by molar-refractivity contribution is -0.141. The zero-order chi connectivity index (χ0) is 15.1. The number of hydrogen-bond acceptors (Lipinski definition) is 4. The minimum Gasteiger partial charge on any atom is -0.480 e. The van der Waals surface area contributed by atoms with Crippen LogP contribution in [-0.2, 0) is 9.59 Å². The minimum atomic E-state index is -1.32. The highest BCUT2D eigenvalue weighted by atomic mass is 16.4. The molecule has 0 bridgehead atoms. The fraction of sp³-hybridized carbons (Fsp3) is 0.750. The van der Waals surface area contributed by atoms with Gasteiger partial charge in [-0.25, -0.2) is 9.59 Å². The average Bonchev–Trinajstić information content (AvgIpc) is 2.38. The molecular formula is C12H21N3O5. The van der Waals surface area contributed by atoms with Crippen LogP contribution < -0.4 is 11.1 Å². The normalized spacial score (nSPS) is 20.2. The largest absolute Gasteiger partial charge is 0.480 e. The Labute approximate surface area is 116 Å². The van der Waals surface area contributed by atoms with Crippen LogP contribution in [0.15, 0.2) is 0 Å². The lowest BCUT2D eigenvalue weighted by atomic mass is 10.00. The van der Waals surface area contributed by atoms with Crippen LogP contribution in [-0.4, -0.2) is 58.3 Å². The monoisotopic (exact) mass is 287 g/mol. The molecule has 5 N–H and O–H groups in total. The predicted molar refractivity (Wildman–Crippen MR) is 69.8 cm³/mol. The molecule has 0 aromatic carbocycles. The molecule has 0 aliphatic carbocycles. The molecule has 1 saturated heterocycles. The summed E-state index contributed by atoms with van der Waals surface area (Å²) in [7, 11) is 0. The topological polar surface area (TPSA) is 133 Å². The van der Waals surface area contributed by atoms with E-state index < -0.39 is 30.4 Å². The molecule has 114 valence electrons. The van der Waals surface area contributed by atoms with Crippen molar-refractivity contribution in [3.63, 3.8) is 0 Å². The summed E-state index contributed by atoms with van der Waals surface area (Å²) < 4.78 is 0. The Hall–Kier alpha value is -1.83. The molecule has 20 heavy (non-hydrogen) atoms. The number of carboxylic acid groups (broad SMARTS) is 1. The molecule has 0 spiro atoms. The Balaban J connectivity index is 2.65. The van der Waals surface area contributed by atoms with E-state index in [1.54, 1.807) is 0 Å². The van der Waals surface area contributed by atoms with Gasteiger partial charge in [0.15, 0.2) is 0 Å². The van der Waals surface area contributed by atoms with Gasteiger partial charge in [-0.2, -0.15) is 0 Å². The molecule has 0 aromatic heterocycles. The van der Waals surface area contributed by atoms with Crippen LogP contribution in [0.2, 0.25) is 0 Å². The lowest BCUT2D eigenvalue weighted by Gasteiger charge is -2.36. The van der Waals surface area contributed by atoms with E-state index in [0.29, 0.717) is 13.0 Å². The van der Waals surface area contributed by atoms with Crippen molar-refractivity contribution in [3.8, 4) is 0 Å². The van der Waals surface area contributed by atoms with Gasteiger partial charge in [0.05, 0.1) is 6.42 Å². The van der Waals surface area contributed by atoms with Crippen molar-refractivity contribution in [3.05, 3.63) is 0 Å². The molecule has 1 rings (SSSR count). The van der Waals surface area contributed by atoms with Crippen LogP contribution >= 0.6 is 0 Å². The number of amides is 3. The summed E-state index contributed by atoms with van der Waals surface area (Å²) in [5.74, 6) is -2.09. The highest BCUT2D eigenvalue weighted by molar-refractivity contribution is 5.87. The number of carboxylic acids is 1. The first-order chi connectivity index (χ1) is 9.45. The third kappa shape index (κ3) is 4.69. The van der Waals surface area contributed by atoms with Crippen molar-refractivity contribution in [2.24, 2.45) is 5.73 Å². The van der Waals surface area contributed by atoms with Crippen molar-refractivity contribution in [1.29, 1.82) is 0 Å². The van der Waals surface area contributed by atoms with E-state index in [9.17, 15) is 14.4 Å². The molecule has 8 heteroatoms. The number of nitrogens with zero attached hydrogens (tertiary/aromatic N) is 1. The minimum absolute atomic E-state index is 0.0297. The van der Waals surface area contributed by atoms with Crippen LogP contribution in [0.25, 0.3) is 0 Å². The van der Waals surface area contributed by atoms with Crippen LogP contribution in [0.1, 0.15) is 32.1 Å². The number of aliphatic hydroxyl groups is 1. The fourth-order valence-electron chi connectivity index (χ4n) is 2.35. The number of rotatable bonds is 6. The lowest BCUT2D eigenvalue weighted by Crippen LogP contribution is -2.53. The molecule has 1 fully saturated rings. The van der Waals surface area contributed by atoms with Crippen LogP contribution in [0.4, 0.5) is 4.79 Å². The van der Waals surface area contributed by atoms with Crippen molar-refractivity contribution in [2.75, 3.05) is 13.2 Å². The third-order valence-electron chi connectivity index (χ3n) is 3.35. The first kappa shape index (κ1) is 16.2. The Bertz CT molecular complexity index is 372. The number of carbonyl (C=O) groups excluding carboxylic acids is 2. The highest BCUT2D eigenvalue weighted by Gasteiger charge is 2.30. The second kappa shape index (κ2) is 7.68. The number of nitrogens with one attached hydrogen (secondary N) is 1. The molecule has 8 nitrogen and oxygen atoms in total. The molecule has 1 heterocycles. The second-order valence-corrected chi connectivity index (χ2v) is 4.87. The Kier molecular flexibility index (Phi) is 6.23. The number of aliphatic carboxylic acids is 1. The molecule has 1 aliphatic rings. The summed E-state index contributed by atoms with van der Waals surface area (Å²) in [5, 5.41) is 20.3. The maximum Gasteiger partial charge on any atom is 0.326 e. The maximum atomic E-state index is 12.1. The van der Waals surface area contributed by atoms with Crippen LogP contribution in [0, 0.1) is 0 Å². The van der Waals surface area contributed by atoms with E-state index in [4.69, 9.17) is 15.9 Å². The van der Waals surface area contributed by atoms with E-state index in [0.717, 1.165) is 19.3 Å². The fourth-order valence-corrected chi connectivity index (χ4v) is 2.35. The molecule has 1 aliphatic heterocycles. The van der Waals surface area contributed by atoms with E-state index >= 15 is 0 Å². The smallest absolute Gasteiger partial charge is 0.326 e. The summed E-state index contributed by atoms with van der Waals surface area (Å²) in [4.78, 5) is 35.4. The van der Waals surface area contributed by atoms with Crippen molar-refractivity contribution >= 4 is 17.9 Å². The standard InChI is InChI=1S/C12H21N3O5/c13-10(17)7-9(11(18)19)14-12(20)15-5-2-1-3-8(15)4-6-16/h8-9,16H,1-7H2,(H2,13,17)(H,14,20)(H,18,19). The van der Waals surface area contributed by atoms with Gasteiger partial charge in [-0.05, 0) is 25.7 Å². The summed E-state index contributed by atoms with van der Waals surface area (Å²) in [6, 6.07) is -1.95. The maximum absolute atomic E-state index is 12.1. The van der Waals surface area contributed by atoms with Crippen molar-refractivity contribution in [1.82, 2.24) is 10.2 Å². The molecule has 2 unspecified atom stereocenters. The van der Waals surface area contributed by atoms with Gasteiger partial charge in [-0.1, -0.05) is 0 Å². The van der Waals surface area contributed by atoms with Gasteiger partial charge in [0.2, 0.25) is 5.91 Å². The molecule has 0 aromatic rings. The SMILES string of the molecule is NC(=O)CC(NC(=O)N1CCCCC1CCO)C(=O)O. The Morgan fingerprint density at radius 3 is 2.60 bits per heavy atom. The molecule has 0 radical (unpaired) electrons. The highest BCUT2D eigenvalue weighted by Crippen LogP contribution is 2.19. The van der Waals surface area contributed by atoms with E-state index in [1.807, 2.05) is 0 Å². The first-order valence-electron chi connectivity index (χ1n) is 6.64. The number of urea groups is 1. The van der Waals surface area contributed by atoms with Gasteiger partial charge in [0.25, 0.3) is 0 Å². The zero-order valence-corrected chi connectivity index (χ0v) is 11.2. The molecular weight excluding hydrogens is 266 g/mol. The van der Waals surface area contributed by atoms with Gasteiger partial charge in [-0.3, -0.25) is 4.79 Å². The van der Waals surface area contributed by atoms with Crippen LogP contribution in [0.3, 0.4) is 0 Å². The predicted octanol–water partition coefficient (Wildman–Crippen LogP) is -0.738. The van der Waals surface area contributed by atoms with E-state index in [-0.39, 0.29) is 12.6 Å². The third-order valence-corrected chi connectivity index (χ3v) is 3.35. The summed E-state index contributed by atoms with van der Waals surface area (Å²) in [5.41, 5.74) is 4.96. The number of nitrogens with two attached hydrogens (primary N) is 1. The van der Waals surface area contributed by atoms with Crippen LogP contribution in [0.5, 0.6) is 0 Å². The van der Waals surface area contributed by atoms with Gasteiger partial charge in [-0.15, -0.1) is 0 Å². The van der Waals surface area contributed by atoms with Gasteiger partial charge in [0, 0.05) is 19.2 Å². The Morgan fingerprint density at radius 1 is 1.35 bits per heavy atom. The number of carbonyl (C=O) groups is 3. The molecule has 2 atom stereocenters. The number of aliphatic hydroxyl groups excluding tert-OH is 1. The number of primary amides is 1. The van der Waals surface area contributed by atoms with Gasteiger partial charge < -0.3 is 26.2 Å². The Morgan fingerprint density at radius 2 is 2.05 bits per heavy atom. The summed E-state index contributed by atoms with van der Waals surface area (Å²) in [6.07, 6.45) is 2.60. The summed E-state index contributed by atoms with van der Waals surface area (Å²) in [6.45, 7) is 0.484.